The molecule has 3 atom stereocenters. The molecule has 1 aliphatic carbocycles. The van der Waals surface area contributed by atoms with E-state index in [2.05, 4.69) is 17.0 Å². The summed E-state index contributed by atoms with van der Waals surface area (Å²) >= 11 is 0. The van der Waals surface area contributed by atoms with Crippen molar-refractivity contribution >= 4 is 11.6 Å². The van der Waals surface area contributed by atoms with Crippen molar-refractivity contribution in [3.63, 3.8) is 0 Å². The smallest absolute Gasteiger partial charge is 0.272 e. The van der Waals surface area contributed by atoms with Crippen molar-refractivity contribution in [2.45, 2.75) is 63.8 Å². The standard InChI is InChI=1S/C26H29F3N4O2/c1-3-17-12-22(25(35)32-10-6-4-5-7-15(32)2)30-23-13-21(31-33(17)23)18-9-8-16(11-20(18)27)24-19(14-34)26(24,28)29/h8-9,11-13,15,19,24,34H,3-7,10,14H2,1-2H3/t15-,19-,24?/m1/s1. The number of halogens is 3. The van der Waals surface area contributed by atoms with Crippen molar-refractivity contribution in [2.75, 3.05) is 13.2 Å². The number of amides is 1. The number of rotatable bonds is 5. The number of aliphatic hydroxyl groups is 1. The largest absolute Gasteiger partial charge is 0.396 e. The molecule has 0 bridgehead atoms. The highest BCUT2D eigenvalue weighted by Gasteiger charge is 2.68. The van der Waals surface area contributed by atoms with Crippen LogP contribution in [-0.4, -0.2) is 55.6 Å². The normalized spacial score (nSPS) is 23.9. The van der Waals surface area contributed by atoms with Gasteiger partial charge in [0.2, 0.25) is 0 Å². The quantitative estimate of drug-likeness (QED) is 0.560. The summed E-state index contributed by atoms with van der Waals surface area (Å²) < 4.78 is 44.4. The summed E-state index contributed by atoms with van der Waals surface area (Å²) in [5, 5.41) is 13.7. The van der Waals surface area contributed by atoms with E-state index in [4.69, 9.17) is 5.11 Å². The van der Waals surface area contributed by atoms with Crippen LogP contribution < -0.4 is 0 Å². The second-order valence-electron chi connectivity index (χ2n) is 9.66. The number of hydrogen-bond donors (Lipinski definition) is 1. The zero-order chi connectivity index (χ0) is 24.9. The van der Waals surface area contributed by atoms with Crippen molar-refractivity contribution in [3.8, 4) is 11.3 Å². The van der Waals surface area contributed by atoms with Gasteiger partial charge in [0.25, 0.3) is 11.8 Å². The number of alkyl halides is 2. The molecule has 3 heterocycles. The molecule has 1 amide bonds. The summed E-state index contributed by atoms with van der Waals surface area (Å²) in [6.07, 6.45) is 4.74. The zero-order valence-electron chi connectivity index (χ0n) is 19.8. The number of carbonyl (C=O) groups is 1. The van der Waals surface area contributed by atoms with Gasteiger partial charge in [0, 0.05) is 29.9 Å². The van der Waals surface area contributed by atoms with E-state index >= 15 is 4.39 Å². The molecule has 35 heavy (non-hydrogen) atoms. The number of aliphatic hydroxyl groups excluding tert-OH is 1. The number of aromatic nitrogens is 3. The van der Waals surface area contributed by atoms with Crippen LogP contribution in [0.1, 0.15) is 67.2 Å². The molecule has 1 aromatic carbocycles. The molecule has 6 nitrogen and oxygen atoms in total. The van der Waals surface area contributed by atoms with E-state index in [1.165, 1.54) is 12.1 Å². The Morgan fingerprint density at radius 2 is 2.00 bits per heavy atom. The molecule has 1 saturated heterocycles. The molecule has 0 radical (unpaired) electrons. The minimum Gasteiger partial charge on any atom is -0.396 e. The van der Waals surface area contributed by atoms with Gasteiger partial charge >= 0.3 is 0 Å². The van der Waals surface area contributed by atoms with Gasteiger partial charge in [-0.1, -0.05) is 25.8 Å². The van der Waals surface area contributed by atoms with E-state index in [9.17, 15) is 13.6 Å². The molecule has 9 heteroatoms. The average Bonchev–Trinajstić information content (AvgIpc) is 3.25. The Kier molecular flexibility index (Phi) is 6.07. The van der Waals surface area contributed by atoms with Crippen LogP contribution in [0.2, 0.25) is 0 Å². The predicted octanol–water partition coefficient (Wildman–Crippen LogP) is 4.84. The fraction of sp³-hybridized carbons (Fsp3) is 0.500. The minimum absolute atomic E-state index is 0.112. The van der Waals surface area contributed by atoms with Gasteiger partial charge in [-0.25, -0.2) is 22.7 Å². The topological polar surface area (TPSA) is 70.7 Å². The Balaban J connectivity index is 1.48. The Labute approximate surface area is 201 Å². The third-order valence-electron chi connectivity index (χ3n) is 7.42. The number of likely N-dealkylation sites (tertiary alicyclic amines) is 1. The highest BCUT2D eigenvalue weighted by Crippen LogP contribution is 2.61. The number of nitrogens with zero attached hydrogens (tertiary/aromatic N) is 4. The van der Waals surface area contributed by atoms with Gasteiger partial charge in [-0.3, -0.25) is 4.79 Å². The average molecular weight is 487 g/mol. The van der Waals surface area contributed by atoms with Crippen LogP contribution in [-0.2, 0) is 6.42 Å². The van der Waals surface area contributed by atoms with Crippen molar-refractivity contribution in [2.24, 2.45) is 5.92 Å². The van der Waals surface area contributed by atoms with E-state index in [0.717, 1.165) is 37.4 Å². The van der Waals surface area contributed by atoms with Crippen LogP contribution in [0.3, 0.4) is 0 Å². The lowest BCUT2D eigenvalue weighted by molar-refractivity contribution is 0.0691. The first-order chi connectivity index (χ1) is 16.8. The highest BCUT2D eigenvalue weighted by molar-refractivity contribution is 5.93. The third-order valence-corrected chi connectivity index (χ3v) is 7.42. The Bertz CT molecular complexity index is 1270. The Morgan fingerprint density at radius 3 is 2.69 bits per heavy atom. The van der Waals surface area contributed by atoms with Crippen LogP contribution in [0, 0.1) is 11.7 Å². The van der Waals surface area contributed by atoms with E-state index in [1.807, 2.05) is 11.8 Å². The molecule has 1 aliphatic heterocycles. The summed E-state index contributed by atoms with van der Waals surface area (Å²) in [5.41, 5.74) is 2.18. The molecular weight excluding hydrogens is 457 g/mol. The number of aryl methyl sites for hydroxylation is 1. The second kappa shape index (κ2) is 8.93. The third kappa shape index (κ3) is 4.09. The molecule has 3 aromatic rings. The maximum atomic E-state index is 15.0. The van der Waals surface area contributed by atoms with Crippen molar-refractivity contribution in [1.82, 2.24) is 19.5 Å². The fourth-order valence-electron chi connectivity index (χ4n) is 5.26. The number of carbonyl (C=O) groups excluding carboxylic acids is 1. The Morgan fingerprint density at radius 1 is 1.20 bits per heavy atom. The van der Waals surface area contributed by atoms with Gasteiger partial charge in [0.1, 0.15) is 11.5 Å². The van der Waals surface area contributed by atoms with Crippen LogP contribution in [0.15, 0.2) is 30.3 Å². The first-order valence-electron chi connectivity index (χ1n) is 12.2. The van der Waals surface area contributed by atoms with E-state index in [1.54, 1.807) is 16.6 Å². The van der Waals surface area contributed by atoms with Gasteiger partial charge in [0.15, 0.2) is 5.65 Å². The van der Waals surface area contributed by atoms with Gasteiger partial charge in [0.05, 0.1) is 24.1 Å². The van der Waals surface area contributed by atoms with Crippen LogP contribution in [0.4, 0.5) is 13.2 Å². The van der Waals surface area contributed by atoms with Gasteiger partial charge < -0.3 is 10.0 Å². The highest BCUT2D eigenvalue weighted by atomic mass is 19.3. The molecule has 1 N–H and O–H groups in total. The molecule has 5 rings (SSSR count). The molecule has 1 unspecified atom stereocenters. The van der Waals surface area contributed by atoms with Gasteiger partial charge in [-0.2, -0.15) is 5.10 Å². The maximum Gasteiger partial charge on any atom is 0.272 e. The summed E-state index contributed by atoms with van der Waals surface area (Å²) in [4.78, 5) is 19.8. The monoisotopic (exact) mass is 486 g/mol. The number of hydrogen-bond acceptors (Lipinski definition) is 4. The Hall–Kier alpha value is -2.94. The predicted molar refractivity (Wildman–Crippen MR) is 125 cm³/mol. The fourth-order valence-corrected chi connectivity index (χ4v) is 5.26. The molecular formula is C26H29F3N4O2. The lowest BCUT2D eigenvalue weighted by Crippen LogP contribution is -2.38. The van der Waals surface area contributed by atoms with Crippen molar-refractivity contribution < 1.29 is 23.1 Å². The van der Waals surface area contributed by atoms with Crippen LogP contribution in [0.5, 0.6) is 0 Å². The molecule has 2 aromatic heterocycles. The first kappa shape index (κ1) is 23.8. The first-order valence-corrected chi connectivity index (χ1v) is 12.2. The van der Waals surface area contributed by atoms with Crippen LogP contribution >= 0.6 is 0 Å². The van der Waals surface area contributed by atoms with Crippen molar-refractivity contribution in [3.05, 3.63) is 53.1 Å². The molecule has 2 aliphatic rings. The molecule has 0 spiro atoms. The lowest BCUT2D eigenvalue weighted by Gasteiger charge is -2.27. The number of fused-ring (bicyclic) bond motifs is 1. The number of benzene rings is 1. The van der Waals surface area contributed by atoms with Crippen LogP contribution in [0.25, 0.3) is 16.9 Å². The summed E-state index contributed by atoms with van der Waals surface area (Å²) in [6, 6.07) is 7.49. The maximum absolute atomic E-state index is 15.0. The summed E-state index contributed by atoms with van der Waals surface area (Å²) in [7, 11) is 0. The van der Waals surface area contributed by atoms with E-state index in [-0.39, 0.29) is 23.1 Å². The lowest BCUT2D eigenvalue weighted by atomic mass is 10.0. The molecule has 2 fully saturated rings. The van der Waals surface area contributed by atoms with Gasteiger partial charge in [-0.15, -0.1) is 0 Å². The zero-order valence-corrected chi connectivity index (χ0v) is 19.8. The summed E-state index contributed by atoms with van der Waals surface area (Å²) in [5.74, 6) is -6.17. The molecule has 186 valence electrons. The van der Waals surface area contributed by atoms with E-state index < -0.39 is 30.2 Å². The van der Waals surface area contributed by atoms with E-state index in [0.29, 0.717) is 30.0 Å². The second-order valence-corrected chi connectivity index (χ2v) is 9.66. The summed E-state index contributed by atoms with van der Waals surface area (Å²) in [6.45, 7) is 4.07. The van der Waals surface area contributed by atoms with Crippen molar-refractivity contribution in [1.29, 1.82) is 0 Å². The van der Waals surface area contributed by atoms with Gasteiger partial charge in [-0.05, 0) is 49.9 Å². The SMILES string of the molecule is CCc1cc(C(=O)N2CCCCC[C@H]2C)nc2cc(-c3ccc(C4[C@@H](CO)C4(F)F)cc3F)nn12. The molecule has 1 saturated carbocycles. The minimum atomic E-state index is -3.03.